The fraction of sp³-hybridized carbons (Fsp3) is 0.0909. The van der Waals surface area contributed by atoms with Crippen LogP contribution >= 0.6 is 27.3 Å². The van der Waals surface area contributed by atoms with Crippen molar-refractivity contribution in [2.75, 3.05) is 7.11 Å². The molecular weight excluding hydrogens is 438 g/mol. The molecule has 6 heteroatoms. The van der Waals surface area contributed by atoms with Crippen LogP contribution in [0.15, 0.2) is 64.5 Å². The summed E-state index contributed by atoms with van der Waals surface area (Å²) in [4.78, 5) is 28.5. The molecule has 0 atom stereocenters. The number of fused-ring (bicyclic) bond motifs is 1. The van der Waals surface area contributed by atoms with Crippen LogP contribution in [0.4, 0.5) is 0 Å². The first-order chi connectivity index (χ1) is 13.6. The molecule has 1 aliphatic heterocycles. The number of ether oxygens (including phenoxy) is 1. The van der Waals surface area contributed by atoms with E-state index in [2.05, 4.69) is 15.9 Å². The molecule has 4 nitrogen and oxygen atoms in total. The van der Waals surface area contributed by atoms with Gasteiger partial charge in [-0.2, -0.15) is 0 Å². The predicted octanol–water partition coefficient (Wildman–Crippen LogP) is 5.24. The number of thiophene rings is 1. The third-order valence-corrected chi connectivity index (χ3v) is 6.12. The Labute approximate surface area is 175 Å². The van der Waals surface area contributed by atoms with Gasteiger partial charge in [0.2, 0.25) is 0 Å². The van der Waals surface area contributed by atoms with Crippen LogP contribution in [0, 0.1) is 0 Å². The molecule has 0 bridgehead atoms. The molecule has 0 saturated carbocycles. The summed E-state index contributed by atoms with van der Waals surface area (Å²) in [6.07, 6.45) is 1.85. The Bertz CT molecular complexity index is 1090. The number of hydrogen-bond donors (Lipinski definition) is 0. The van der Waals surface area contributed by atoms with Gasteiger partial charge in [0.25, 0.3) is 11.8 Å². The van der Waals surface area contributed by atoms with Crippen molar-refractivity contribution < 1.29 is 14.3 Å². The second kappa shape index (κ2) is 7.73. The van der Waals surface area contributed by atoms with Gasteiger partial charge in [-0.05, 0) is 63.5 Å². The van der Waals surface area contributed by atoms with Gasteiger partial charge in [-0.3, -0.25) is 14.5 Å². The molecule has 0 fully saturated rings. The van der Waals surface area contributed by atoms with Crippen molar-refractivity contribution >= 4 is 50.7 Å². The maximum atomic E-state index is 13.2. The molecule has 3 aromatic rings. The minimum atomic E-state index is -0.288. The minimum Gasteiger partial charge on any atom is -0.497 e. The molecule has 1 aliphatic rings. The molecule has 0 saturated heterocycles. The average Bonchev–Trinajstić information content (AvgIpc) is 3.14. The third-order valence-electron chi connectivity index (χ3n) is 4.55. The van der Waals surface area contributed by atoms with E-state index in [-0.39, 0.29) is 18.4 Å². The molecule has 2 aromatic carbocycles. The van der Waals surface area contributed by atoms with Crippen LogP contribution < -0.4 is 4.74 Å². The summed E-state index contributed by atoms with van der Waals surface area (Å²) < 4.78 is 6.16. The Balaban J connectivity index is 1.75. The van der Waals surface area contributed by atoms with Crippen LogP contribution in [0.2, 0.25) is 0 Å². The van der Waals surface area contributed by atoms with Crippen molar-refractivity contribution in [2.45, 2.75) is 6.54 Å². The van der Waals surface area contributed by atoms with Gasteiger partial charge >= 0.3 is 0 Å². The van der Waals surface area contributed by atoms with Gasteiger partial charge in [0.15, 0.2) is 0 Å². The fourth-order valence-corrected chi connectivity index (χ4v) is 4.51. The van der Waals surface area contributed by atoms with Crippen LogP contribution in [0.5, 0.6) is 5.75 Å². The SMILES string of the molecule is COc1ccc(CN2C(=O)C(=Cc3ccc(Br)s3)c3ccccc3C2=O)cc1. The second-order valence-corrected chi connectivity index (χ2v) is 8.78. The van der Waals surface area contributed by atoms with Crippen molar-refractivity contribution in [3.8, 4) is 5.75 Å². The number of halogens is 1. The van der Waals surface area contributed by atoms with E-state index >= 15 is 0 Å². The minimum absolute atomic E-state index is 0.210. The number of nitrogens with zero attached hydrogens (tertiary/aromatic N) is 1. The molecule has 1 aromatic heterocycles. The van der Waals surface area contributed by atoms with Crippen LogP contribution in [0.1, 0.15) is 26.4 Å². The molecule has 0 unspecified atom stereocenters. The van der Waals surface area contributed by atoms with Crippen molar-refractivity contribution in [1.82, 2.24) is 4.90 Å². The fourth-order valence-electron chi connectivity index (χ4n) is 3.15. The Morgan fingerprint density at radius 3 is 2.32 bits per heavy atom. The highest BCUT2D eigenvalue weighted by Gasteiger charge is 2.34. The Morgan fingerprint density at radius 1 is 0.964 bits per heavy atom. The number of carbonyl (C=O) groups is 2. The number of hydrogen-bond acceptors (Lipinski definition) is 4. The highest BCUT2D eigenvalue weighted by molar-refractivity contribution is 9.11. The smallest absolute Gasteiger partial charge is 0.261 e. The lowest BCUT2D eigenvalue weighted by Crippen LogP contribution is -2.41. The van der Waals surface area contributed by atoms with E-state index in [0.29, 0.717) is 16.7 Å². The van der Waals surface area contributed by atoms with Gasteiger partial charge in [0, 0.05) is 16.0 Å². The summed E-state index contributed by atoms with van der Waals surface area (Å²) in [6, 6.07) is 18.5. The summed E-state index contributed by atoms with van der Waals surface area (Å²) in [6.45, 7) is 0.210. The van der Waals surface area contributed by atoms with Crippen LogP contribution in [-0.4, -0.2) is 23.8 Å². The maximum Gasteiger partial charge on any atom is 0.261 e. The van der Waals surface area contributed by atoms with E-state index in [9.17, 15) is 9.59 Å². The van der Waals surface area contributed by atoms with Gasteiger partial charge in [-0.1, -0.05) is 30.3 Å². The summed E-state index contributed by atoms with van der Waals surface area (Å²) in [7, 11) is 1.60. The molecule has 2 heterocycles. The van der Waals surface area contributed by atoms with Crippen molar-refractivity contribution in [3.05, 3.63) is 86.0 Å². The van der Waals surface area contributed by atoms with E-state index in [4.69, 9.17) is 4.74 Å². The highest BCUT2D eigenvalue weighted by Crippen LogP contribution is 2.33. The summed E-state index contributed by atoms with van der Waals surface area (Å²) in [5.41, 5.74) is 2.60. The molecule has 140 valence electrons. The molecule has 0 radical (unpaired) electrons. The van der Waals surface area contributed by atoms with E-state index < -0.39 is 0 Å². The average molecular weight is 454 g/mol. The lowest BCUT2D eigenvalue weighted by atomic mass is 9.92. The Kier molecular flexibility index (Phi) is 5.15. The van der Waals surface area contributed by atoms with E-state index in [1.165, 1.54) is 16.2 Å². The Hall–Kier alpha value is -2.70. The van der Waals surface area contributed by atoms with E-state index in [1.807, 2.05) is 60.7 Å². The first-order valence-electron chi connectivity index (χ1n) is 8.62. The molecular formula is C22H16BrNO3S. The first-order valence-corrected chi connectivity index (χ1v) is 10.2. The summed E-state index contributed by atoms with van der Waals surface area (Å²) >= 11 is 4.99. The molecule has 2 amide bonds. The molecule has 0 spiro atoms. The third kappa shape index (κ3) is 3.53. The number of benzene rings is 2. The predicted molar refractivity (Wildman–Crippen MR) is 114 cm³/mol. The van der Waals surface area contributed by atoms with Gasteiger partial charge in [0.05, 0.1) is 17.4 Å². The number of rotatable bonds is 4. The zero-order valence-electron chi connectivity index (χ0n) is 15.0. The maximum absolute atomic E-state index is 13.2. The quantitative estimate of drug-likeness (QED) is 0.400. The molecule has 0 aliphatic carbocycles. The number of methoxy groups -OCH3 is 1. The van der Waals surface area contributed by atoms with Crippen molar-refractivity contribution in [1.29, 1.82) is 0 Å². The lowest BCUT2D eigenvalue weighted by molar-refractivity contribution is -0.123. The molecule has 4 rings (SSSR count). The highest BCUT2D eigenvalue weighted by atomic mass is 79.9. The lowest BCUT2D eigenvalue weighted by Gasteiger charge is -2.28. The number of imide groups is 1. The zero-order valence-corrected chi connectivity index (χ0v) is 17.4. The number of carbonyl (C=O) groups excluding carboxylic acids is 2. The van der Waals surface area contributed by atoms with E-state index in [0.717, 1.165) is 20.0 Å². The summed E-state index contributed by atoms with van der Waals surface area (Å²) in [5.74, 6) is 0.166. The molecule has 0 N–H and O–H groups in total. The van der Waals surface area contributed by atoms with Crippen LogP contribution in [0.25, 0.3) is 11.6 Å². The first kappa shape index (κ1) is 18.7. The van der Waals surface area contributed by atoms with Gasteiger partial charge < -0.3 is 4.74 Å². The van der Waals surface area contributed by atoms with Gasteiger partial charge in [-0.25, -0.2) is 0 Å². The number of amides is 2. The van der Waals surface area contributed by atoms with Crippen LogP contribution in [-0.2, 0) is 11.3 Å². The van der Waals surface area contributed by atoms with E-state index in [1.54, 1.807) is 13.2 Å². The monoisotopic (exact) mass is 453 g/mol. The van der Waals surface area contributed by atoms with Crippen molar-refractivity contribution in [2.24, 2.45) is 0 Å². The zero-order chi connectivity index (χ0) is 19.7. The normalized spacial score (nSPS) is 15.1. The largest absolute Gasteiger partial charge is 0.497 e. The Morgan fingerprint density at radius 2 is 1.68 bits per heavy atom. The standard InChI is InChI=1S/C22H16BrNO3S/c1-27-15-8-6-14(7-9-15)13-24-21(25)18-5-3-2-4-17(18)19(22(24)26)12-16-10-11-20(23)28-16/h2-12H,13H2,1H3. The molecule has 28 heavy (non-hydrogen) atoms. The van der Waals surface area contributed by atoms with Gasteiger partial charge in [-0.15, -0.1) is 11.3 Å². The second-order valence-electron chi connectivity index (χ2n) is 6.29. The van der Waals surface area contributed by atoms with Crippen LogP contribution in [0.3, 0.4) is 0 Å². The topological polar surface area (TPSA) is 46.6 Å². The summed E-state index contributed by atoms with van der Waals surface area (Å²) in [5, 5.41) is 0. The van der Waals surface area contributed by atoms with Gasteiger partial charge in [0.1, 0.15) is 5.75 Å². The van der Waals surface area contributed by atoms with Crippen molar-refractivity contribution in [3.63, 3.8) is 0 Å².